The Hall–Kier alpha value is -3.53. The number of nitrogens with one attached hydrogen (secondary N) is 1. The zero-order chi connectivity index (χ0) is 18.9. The van der Waals surface area contributed by atoms with Crippen molar-refractivity contribution < 1.29 is 9.59 Å². The van der Waals surface area contributed by atoms with Crippen LogP contribution < -0.4 is 5.32 Å². The van der Waals surface area contributed by atoms with Crippen LogP contribution in [0.25, 0.3) is 12.2 Å². The fourth-order valence-corrected chi connectivity index (χ4v) is 2.76. The van der Waals surface area contributed by atoms with Gasteiger partial charge in [0.1, 0.15) is 6.29 Å². The van der Waals surface area contributed by atoms with E-state index < -0.39 is 6.04 Å². The summed E-state index contributed by atoms with van der Waals surface area (Å²) >= 11 is 0. The van der Waals surface area contributed by atoms with Gasteiger partial charge in [0.25, 0.3) is 5.91 Å². The number of benzene rings is 2. The zero-order valence-corrected chi connectivity index (χ0v) is 14.8. The van der Waals surface area contributed by atoms with Gasteiger partial charge in [-0.25, -0.2) is 0 Å². The van der Waals surface area contributed by atoms with Crippen molar-refractivity contribution in [2.45, 2.75) is 12.5 Å². The third-order valence-corrected chi connectivity index (χ3v) is 4.15. The zero-order valence-electron chi connectivity index (χ0n) is 14.8. The molecule has 0 aliphatic rings. The molecule has 1 aromatic heterocycles. The van der Waals surface area contributed by atoms with Crippen molar-refractivity contribution in [2.24, 2.45) is 0 Å². The first-order valence-electron chi connectivity index (χ1n) is 8.73. The Morgan fingerprint density at radius 1 is 0.926 bits per heavy atom. The van der Waals surface area contributed by atoms with E-state index in [1.54, 1.807) is 18.5 Å². The van der Waals surface area contributed by atoms with Gasteiger partial charge < -0.3 is 10.1 Å². The third-order valence-electron chi connectivity index (χ3n) is 4.15. The maximum Gasteiger partial charge on any atom is 0.252 e. The topological polar surface area (TPSA) is 59.1 Å². The molecule has 27 heavy (non-hydrogen) atoms. The molecule has 4 heteroatoms. The molecule has 0 fully saturated rings. The summed E-state index contributed by atoms with van der Waals surface area (Å²) in [4.78, 5) is 28.2. The minimum Gasteiger partial charge on any atom is -0.342 e. The van der Waals surface area contributed by atoms with Crippen molar-refractivity contribution in [1.29, 1.82) is 0 Å². The molecule has 1 heterocycles. The van der Waals surface area contributed by atoms with Gasteiger partial charge in [-0.1, -0.05) is 60.7 Å². The highest BCUT2D eigenvalue weighted by atomic mass is 16.2. The van der Waals surface area contributed by atoms with Crippen molar-refractivity contribution in [3.05, 3.63) is 101 Å². The first-order valence-corrected chi connectivity index (χ1v) is 8.73. The summed E-state index contributed by atoms with van der Waals surface area (Å²) in [7, 11) is 0. The Bertz CT molecular complexity index is 921. The minimum atomic E-state index is -0.572. The molecule has 0 spiro atoms. The normalized spacial score (nSPS) is 11.9. The molecule has 3 rings (SSSR count). The van der Waals surface area contributed by atoms with Crippen molar-refractivity contribution in [2.75, 3.05) is 0 Å². The van der Waals surface area contributed by atoms with Crippen molar-refractivity contribution in [1.82, 2.24) is 10.3 Å². The van der Waals surface area contributed by atoms with Gasteiger partial charge >= 0.3 is 0 Å². The maximum absolute atomic E-state index is 12.7. The number of carbonyl (C=O) groups excluding carboxylic acids is 2. The number of carbonyl (C=O) groups is 2. The van der Waals surface area contributed by atoms with Crippen LogP contribution in [0.4, 0.5) is 0 Å². The second kappa shape index (κ2) is 9.25. The Balaban J connectivity index is 1.74. The van der Waals surface area contributed by atoms with Crippen LogP contribution in [0, 0.1) is 0 Å². The summed E-state index contributed by atoms with van der Waals surface area (Å²) in [6, 6.07) is 20.2. The molecule has 0 saturated heterocycles. The lowest BCUT2D eigenvalue weighted by Gasteiger charge is -2.14. The highest BCUT2D eigenvalue weighted by Gasteiger charge is 2.15. The highest BCUT2D eigenvalue weighted by molar-refractivity contribution is 5.99. The summed E-state index contributed by atoms with van der Waals surface area (Å²) in [5.74, 6) is -0.266. The molecule has 0 aliphatic carbocycles. The van der Waals surface area contributed by atoms with Crippen LogP contribution in [-0.2, 0) is 11.2 Å². The fourth-order valence-electron chi connectivity index (χ4n) is 2.76. The average molecular weight is 356 g/mol. The molecule has 1 atom stereocenters. The van der Waals surface area contributed by atoms with E-state index in [9.17, 15) is 9.59 Å². The average Bonchev–Trinajstić information content (AvgIpc) is 2.73. The predicted octanol–water partition coefficient (Wildman–Crippen LogP) is 3.79. The first-order chi connectivity index (χ1) is 13.3. The monoisotopic (exact) mass is 356 g/mol. The molecular formula is C23H20N2O2. The maximum atomic E-state index is 12.7. The molecule has 4 nitrogen and oxygen atoms in total. The lowest BCUT2D eigenvalue weighted by Crippen LogP contribution is -2.37. The number of pyridine rings is 1. The van der Waals surface area contributed by atoms with Crippen LogP contribution in [0.15, 0.2) is 79.1 Å². The van der Waals surface area contributed by atoms with Gasteiger partial charge in [-0.3, -0.25) is 9.78 Å². The molecule has 0 aliphatic heterocycles. The molecular weight excluding hydrogens is 336 g/mol. The van der Waals surface area contributed by atoms with Crippen LogP contribution in [-0.4, -0.2) is 23.2 Å². The van der Waals surface area contributed by atoms with Gasteiger partial charge in [0.15, 0.2) is 0 Å². The number of rotatable bonds is 7. The van der Waals surface area contributed by atoms with E-state index in [1.165, 1.54) is 0 Å². The summed E-state index contributed by atoms with van der Waals surface area (Å²) in [6.45, 7) is 0. The summed E-state index contributed by atoms with van der Waals surface area (Å²) in [5.41, 5.74) is 3.31. The second-order valence-electron chi connectivity index (χ2n) is 6.11. The summed E-state index contributed by atoms with van der Waals surface area (Å²) in [5, 5.41) is 2.82. The van der Waals surface area contributed by atoms with Crippen LogP contribution >= 0.6 is 0 Å². The lowest BCUT2D eigenvalue weighted by atomic mass is 10.0. The van der Waals surface area contributed by atoms with Gasteiger partial charge in [-0.2, -0.15) is 0 Å². The Morgan fingerprint density at radius 2 is 1.63 bits per heavy atom. The summed E-state index contributed by atoms with van der Waals surface area (Å²) in [6.07, 6.45) is 8.49. The van der Waals surface area contributed by atoms with E-state index >= 15 is 0 Å². The summed E-state index contributed by atoms with van der Waals surface area (Å²) < 4.78 is 0. The number of hydrogen-bond acceptors (Lipinski definition) is 3. The smallest absolute Gasteiger partial charge is 0.252 e. The lowest BCUT2D eigenvalue weighted by molar-refractivity contribution is -0.109. The van der Waals surface area contributed by atoms with E-state index in [4.69, 9.17) is 0 Å². The molecule has 3 aromatic rings. The number of nitrogens with zero attached hydrogens (tertiary/aromatic N) is 1. The quantitative estimate of drug-likeness (QED) is 0.655. The van der Waals surface area contributed by atoms with Crippen LogP contribution in [0.5, 0.6) is 0 Å². The van der Waals surface area contributed by atoms with Gasteiger partial charge in [0.2, 0.25) is 0 Å². The Kier molecular flexibility index (Phi) is 6.26. The number of amides is 1. The van der Waals surface area contributed by atoms with Crippen molar-refractivity contribution in [3.8, 4) is 0 Å². The van der Waals surface area contributed by atoms with E-state index in [-0.39, 0.29) is 5.91 Å². The standard InChI is InChI=1S/C23H20N2O2/c26-17-21(16-19-6-2-1-3-7-19)25-23(27)22-9-5-4-8-20(22)11-10-18-12-14-24-15-13-18/h1-15,17,21H,16H2,(H,25,27)/b11-10+. The third kappa shape index (κ3) is 5.22. The van der Waals surface area contributed by atoms with E-state index in [2.05, 4.69) is 10.3 Å². The number of aldehydes is 1. The van der Waals surface area contributed by atoms with Gasteiger partial charge in [-0.15, -0.1) is 0 Å². The highest BCUT2D eigenvalue weighted by Crippen LogP contribution is 2.14. The fraction of sp³-hybridized carbons (Fsp3) is 0.0870. The first kappa shape index (κ1) is 18.3. The van der Waals surface area contributed by atoms with E-state index in [0.29, 0.717) is 12.0 Å². The van der Waals surface area contributed by atoms with Crippen molar-refractivity contribution >= 4 is 24.3 Å². The minimum absolute atomic E-state index is 0.266. The van der Waals surface area contributed by atoms with Gasteiger partial charge in [-0.05, 0) is 41.3 Å². The van der Waals surface area contributed by atoms with Crippen molar-refractivity contribution in [3.63, 3.8) is 0 Å². The Labute approximate surface area is 158 Å². The molecule has 1 amide bonds. The molecule has 134 valence electrons. The van der Waals surface area contributed by atoms with Crippen LogP contribution in [0.2, 0.25) is 0 Å². The van der Waals surface area contributed by atoms with Crippen LogP contribution in [0.1, 0.15) is 27.0 Å². The van der Waals surface area contributed by atoms with Gasteiger partial charge in [0.05, 0.1) is 6.04 Å². The van der Waals surface area contributed by atoms with Crippen LogP contribution in [0.3, 0.4) is 0 Å². The molecule has 1 unspecified atom stereocenters. The van der Waals surface area contributed by atoms with E-state index in [0.717, 1.165) is 23.0 Å². The Morgan fingerprint density at radius 3 is 2.37 bits per heavy atom. The molecule has 1 N–H and O–H groups in total. The van der Waals surface area contributed by atoms with Gasteiger partial charge in [0, 0.05) is 18.0 Å². The number of aromatic nitrogens is 1. The SMILES string of the molecule is O=CC(Cc1ccccc1)NC(=O)c1ccccc1/C=C/c1ccncc1. The molecule has 2 aromatic carbocycles. The number of hydrogen-bond donors (Lipinski definition) is 1. The van der Waals surface area contributed by atoms with E-state index in [1.807, 2.05) is 72.8 Å². The molecule has 0 bridgehead atoms. The predicted molar refractivity (Wildman–Crippen MR) is 107 cm³/mol. The second-order valence-corrected chi connectivity index (χ2v) is 6.11. The largest absolute Gasteiger partial charge is 0.342 e. The molecule has 0 radical (unpaired) electrons. The molecule has 0 saturated carbocycles.